The van der Waals surface area contributed by atoms with Crippen molar-refractivity contribution >= 4 is 23.5 Å². The summed E-state index contributed by atoms with van der Waals surface area (Å²) in [6.07, 6.45) is 2.95. The minimum Gasteiger partial charge on any atom is -0.323 e. The topological polar surface area (TPSA) is 52.7 Å². The van der Waals surface area contributed by atoms with E-state index in [2.05, 4.69) is 22.3 Å². The highest BCUT2D eigenvalue weighted by atomic mass is 35.5. The van der Waals surface area contributed by atoms with Gasteiger partial charge in [-0.05, 0) is 74.9 Å². The molecular formula is C25H27ClFN3O2. The molecule has 5 rings (SSSR count). The Balaban J connectivity index is 1.25. The molecule has 5 nitrogen and oxygen atoms in total. The second-order valence-electron chi connectivity index (χ2n) is 9.39. The molecule has 1 aliphatic carbocycles. The van der Waals surface area contributed by atoms with Gasteiger partial charge in [-0.2, -0.15) is 0 Å². The number of carbonyl (C=O) groups is 2. The van der Waals surface area contributed by atoms with Crippen molar-refractivity contribution in [1.29, 1.82) is 0 Å². The molecule has 1 N–H and O–H groups in total. The minimum absolute atomic E-state index is 0.0417. The van der Waals surface area contributed by atoms with E-state index in [9.17, 15) is 14.0 Å². The van der Waals surface area contributed by atoms with Gasteiger partial charge < -0.3 is 5.32 Å². The quantitative estimate of drug-likeness (QED) is 0.704. The lowest BCUT2D eigenvalue weighted by Crippen LogP contribution is -2.54. The maximum Gasteiger partial charge on any atom is 0.325 e. The number of fused-ring (bicyclic) bond motifs is 1. The number of hydrogen-bond acceptors (Lipinski definition) is 3. The van der Waals surface area contributed by atoms with E-state index in [1.807, 2.05) is 19.1 Å². The Morgan fingerprint density at radius 3 is 2.34 bits per heavy atom. The first-order valence-electron chi connectivity index (χ1n) is 11.2. The molecular weight excluding hydrogens is 429 g/mol. The Kier molecular flexibility index (Phi) is 5.46. The molecule has 2 saturated heterocycles. The summed E-state index contributed by atoms with van der Waals surface area (Å²) in [5, 5.41) is 3.46. The lowest BCUT2D eigenvalue weighted by molar-refractivity contribution is -0.134. The van der Waals surface area contributed by atoms with E-state index < -0.39 is 5.54 Å². The van der Waals surface area contributed by atoms with E-state index in [4.69, 9.17) is 11.6 Å². The van der Waals surface area contributed by atoms with Crippen LogP contribution in [-0.2, 0) is 24.2 Å². The summed E-state index contributed by atoms with van der Waals surface area (Å²) in [6, 6.07) is 12.5. The number of hydrogen-bond donors (Lipinski definition) is 1. The Hall–Kier alpha value is -2.44. The Bertz CT molecular complexity index is 1020. The monoisotopic (exact) mass is 455 g/mol. The van der Waals surface area contributed by atoms with Gasteiger partial charge in [-0.1, -0.05) is 41.9 Å². The van der Waals surface area contributed by atoms with E-state index in [1.165, 1.54) is 22.1 Å². The van der Waals surface area contributed by atoms with Crippen molar-refractivity contribution in [3.05, 3.63) is 70.0 Å². The normalized spacial score (nSPS) is 24.8. The van der Waals surface area contributed by atoms with Crippen molar-refractivity contribution in [3.8, 4) is 0 Å². The van der Waals surface area contributed by atoms with Gasteiger partial charge in [-0.25, -0.2) is 9.18 Å². The average molecular weight is 456 g/mol. The molecule has 32 heavy (non-hydrogen) atoms. The lowest BCUT2D eigenvalue weighted by Gasteiger charge is -2.39. The van der Waals surface area contributed by atoms with Gasteiger partial charge in [0.15, 0.2) is 0 Å². The SMILES string of the molecule is CC1(C2CCN(Cc3c(F)cccc3Cl)CC2)NC(=O)N(C2Cc3ccccc3C2)C1=O. The van der Waals surface area contributed by atoms with Crippen LogP contribution in [0.4, 0.5) is 9.18 Å². The first kappa shape index (κ1) is 21.4. The number of nitrogens with zero attached hydrogens (tertiary/aromatic N) is 2. The molecule has 1 atom stereocenters. The van der Waals surface area contributed by atoms with Crippen LogP contribution in [-0.4, -0.2) is 46.4 Å². The summed E-state index contributed by atoms with van der Waals surface area (Å²) in [7, 11) is 0. The van der Waals surface area contributed by atoms with Crippen molar-refractivity contribution < 1.29 is 14.0 Å². The van der Waals surface area contributed by atoms with Crippen molar-refractivity contribution in [2.45, 2.75) is 50.7 Å². The molecule has 3 amide bonds. The summed E-state index contributed by atoms with van der Waals surface area (Å²) < 4.78 is 14.2. The molecule has 2 heterocycles. The zero-order chi connectivity index (χ0) is 22.5. The third kappa shape index (κ3) is 3.59. The van der Waals surface area contributed by atoms with E-state index in [-0.39, 0.29) is 29.7 Å². The van der Waals surface area contributed by atoms with Crippen LogP contribution >= 0.6 is 11.6 Å². The summed E-state index contributed by atoms with van der Waals surface area (Å²) in [6.45, 7) is 3.76. The van der Waals surface area contributed by atoms with Crippen LogP contribution < -0.4 is 5.32 Å². The highest BCUT2D eigenvalue weighted by Crippen LogP contribution is 2.37. The molecule has 168 valence electrons. The number of amides is 3. The van der Waals surface area contributed by atoms with E-state index in [0.29, 0.717) is 30.0 Å². The van der Waals surface area contributed by atoms with Crippen molar-refractivity contribution in [2.24, 2.45) is 5.92 Å². The molecule has 0 aromatic heterocycles. The fraction of sp³-hybridized carbons (Fsp3) is 0.440. The van der Waals surface area contributed by atoms with Gasteiger partial charge in [0.2, 0.25) is 0 Å². The van der Waals surface area contributed by atoms with E-state index in [0.717, 1.165) is 25.9 Å². The Morgan fingerprint density at radius 1 is 1.06 bits per heavy atom. The van der Waals surface area contributed by atoms with Crippen LogP contribution in [0.25, 0.3) is 0 Å². The molecule has 2 fully saturated rings. The molecule has 2 aromatic rings. The van der Waals surface area contributed by atoms with Crippen molar-refractivity contribution in [2.75, 3.05) is 13.1 Å². The van der Waals surface area contributed by atoms with Gasteiger partial charge in [-0.15, -0.1) is 0 Å². The summed E-state index contributed by atoms with van der Waals surface area (Å²) in [4.78, 5) is 30.0. The molecule has 0 radical (unpaired) electrons. The lowest BCUT2D eigenvalue weighted by atomic mass is 9.78. The van der Waals surface area contributed by atoms with E-state index >= 15 is 0 Å². The second-order valence-corrected chi connectivity index (χ2v) is 9.80. The predicted molar refractivity (Wildman–Crippen MR) is 121 cm³/mol. The number of halogens is 2. The zero-order valence-electron chi connectivity index (χ0n) is 18.1. The first-order valence-corrected chi connectivity index (χ1v) is 11.6. The first-order chi connectivity index (χ1) is 15.4. The van der Waals surface area contributed by atoms with Gasteiger partial charge in [0.25, 0.3) is 5.91 Å². The van der Waals surface area contributed by atoms with Gasteiger partial charge in [0.05, 0.1) is 0 Å². The van der Waals surface area contributed by atoms with Crippen LogP contribution in [0.2, 0.25) is 5.02 Å². The van der Waals surface area contributed by atoms with Crippen LogP contribution in [0.3, 0.4) is 0 Å². The second kappa shape index (κ2) is 8.16. The number of nitrogens with one attached hydrogen (secondary N) is 1. The van der Waals surface area contributed by atoms with E-state index in [1.54, 1.807) is 12.1 Å². The van der Waals surface area contributed by atoms with Gasteiger partial charge in [0.1, 0.15) is 11.4 Å². The minimum atomic E-state index is -0.895. The molecule has 0 spiro atoms. The molecule has 0 bridgehead atoms. The number of piperidine rings is 1. The van der Waals surface area contributed by atoms with Gasteiger partial charge >= 0.3 is 6.03 Å². The van der Waals surface area contributed by atoms with Gasteiger partial charge in [-0.3, -0.25) is 14.6 Å². The third-order valence-corrected chi connectivity index (χ3v) is 7.84. The van der Waals surface area contributed by atoms with Crippen molar-refractivity contribution in [1.82, 2.24) is 15.1 Å². The fourth-order valence-electron chi connectivity index (χ4n) is 5.58. The van der Waals surface area contributed by atoms with Crippen LogP contribution in [0.5, 0.6) is 0 Å². The number of rotatable bonds is 4. The summed E-state index contributed by atoms with van der Waals surface area (Å²) in [5.74, 6) is -0.367. The van der Waals surface area contributed by atoms with Crippen molar-refractivity contribution in [3.63, 3.8) is 0 Å². The summed E-state index contributed by atoms with van der Waals surface area (Å²) >= 11 is 6.19. The number of imide groups is 1. The summed E-state index contributed by atoms with van der Waals surface area (Å²) in [5.41, 5.74) is 2.04. The highest BCUT2D eigenvalue weighted by Gasteiger charge is 2.55. The molecule has 2 aliphatic heterocycles. The highest BCUT2D eigenvalue weighted by molar-refractivity contribution is 6.31. The maximum absolute atomic E-state index is 14.2. The Morgan fingerprint density at radius 2 is 1.72 bits per heavy atom. The number of urea groups is 1. The number of likely N-dealkylation sites (tertiary alicyclic amines) is 1. The fourth-order valence-corrected chi connectivity index (χ4v) is 5.80. The zero-order valence-corrected chi connectivity index (χ0v) is 18.9. The maximum atomic E-state index is 14.2. The molecule has 3 aliphatic rings. The Labute approximate surface area is 192 Å². The largest absolute Gasteiger partial charge is 0.325 e. The molecule has 1 unspecified atom stereocenters. The molecule has 2 aromatic carbocycles. The van der Waals surface area contributed by atoms with Crippen LogP contribution in [0.15, 0.2) is 42.5 Å². The molecule has 7 heteroatoms. The van der Waals surface area contributed by atoms with Crippen LogP contribution in [0, 0.1) is 11.7 Å². The third-order valence-electron chi connectivity index (χ3n) is 7.49. The van der Waals surface area contributed by atoms with Gasteiger partial charge in [0, 0.05) is 23.2 Å². The average Bonchev–Trinajstić information content (AvgIpc) is 3.29. The molecule has 0 saturated carbocycles. The number of benzene rings is 2. The number of carbonyl (C=O) groups excluding carboxylic acids is 2. The van der Waals surface area contributed by atoms with Crippen LogP contribution in [0.1, 0.15) is 36.5 Å². The standard InChI is InChI=1S/C25H27ClFN3O2/c1-25(18-9-11-29(12-10-18)15-20-21(26)7-4-8-22(20)27)23(31)30(24(32)28-25)19-13-16-5-2-3-6-17(16)14-19/h2-8,18-19H,9-15H2,1H3,(H,28,32). The smallest absolute Gasteiger partial charge is 0.323 e. The predicted octanol–water partition coefficient (Wildman–Crippen LogP) is 4.17.